The van der Waals surface area contributed by atoms with Crippen molar-refractivity contribution in [1.29, 1.82) is 5.53 Å². The van der Waals surface area contributed by atoms with Crippen LogP contribution in [-0.2, 0) is 0 Å². The van der Waals surface area contributed by atoms with Crippen LogP contribution in [0.2, 0.25) is 0 Å². The van der Waals surface area contributed by atoms with Crippen molar-refractivity contribution in [3.8, 4) is 0 Å². The smallest absolute Gasteiger partial charge is 0.337 e. The Balaban J connectivity index is 3.00. The molecule has 0 aliphatic carbocycles. The molecule has 10 heavy (non-hydrogen) atoms. The molecule has 0 atom stereocenters. The standard InChI is InChI=1S/C7H7N3/c8-7-3-1-6(2-4-7)5-10-9/h1-5,8-9H/p+1. The molecular weight excluding hydrogens is 126 g/mol. The summed E-state index contributed by atoms with van der Waals surface area (Å²) in [6.07, 6.45) is 1.46. The van der Waals surface area contributed by atoms with Gasteiger partial charge in [0.25, 0.3) is 0 Å². The molecule has 0 aromatic heterocycles. The van der Waals surface area contributed by atoms with Crippen LogP contribution in [0, 0.1) is 5.53 Å². The van der Waals surface area contributed by atoms with Crippen LogP contribution in [0.3, 0.4) is 0 Å². The van der Waals surface area contributed by atoms with E-state index in [1.165, 1.54) is 6.21 Å². The van der Waals surface area contributed by atoms with Gasteiger partial charge in [-0.2, -0.15) is 0 Å². The van der Waals surface area contributed by atoms with Gasteiger partial charge in [0.15, 0.2) is 0 Å². The van der Waals surface area contributed by atoms with Crippen molar-refractivity contribution >= 4 is 11.9 Å². The van der Waals surface area contributed by atoms with Crippen LogP contribution in [-0.4, -0.2) is 11.0 Å². The maximum Gasteiger partial charge on any atom is 0.337 e. The second kappa shape index (κ2) is 2.80. The number of anilines is 1. The van der Waals surface area contributed by atoms with Gasteiger partial charge in [-0.3, -0.25) is 0 Å². The molecule has 0 heterocycles. The zero-order chi connectivity index (χ0) is 7.40. The Hall–Kier alpha value is -1.60. The van der Waals surface area contributed by atoms with E-state index in [-0.39, 0.29) is 0 Å². The fourth-order valence-electron chi connectivity index (χ4n) is 0.657. The van der Waals surface area contributed by atoms with E-state index < -0.39 is 0 Å². The molecule has 0 radical (unpaired) electrons. The highest BCUT2D eigenvalue weighted by Gasteiger charge is 1.91. The van der Waals surface area contributed by atoms with Crippen molar-refractivity contribution in [2.75, 3.05) is 5.73 Å². The Bertz CT molecular complexity index is 257. The second-order valence-electron chi connectivity index (χ2n) is 1.92. The summed E-state index contributed by atoms with van der Waals surface area (Å²) in [6, 6.07) is 7.18. The first-order chi connectivity index (χ1) is 4.83. The van der Waals surface area contributed by atoms with E-state index in [1.807, 2.05) is 12.1 Å². The first-order valence-electron chi connectivity index (χ1n) is 2.88. The summed E-state index contributed by atoms with van der Waals surface area (Å²) in [7, 11) is 0. The Morgan fingerprint density at radius 2 is 1.90 bits per heavy atom. The summed E-state index contributed by atoms with van der Waals surface area (Å²) in [4.78, 5) is 3.12. The molecule has 0 bridgehead atoms. The van der Waals surface area contributed by atoms with Crippen molar-refractivity contribution < 1.29 is 4.79 Å². The number of nitrogen functional groups attached to an aromatic ring is 1. The zero-order valence-corrected chi connectivity index (χ0v) is 5.41. The van der Waals surface area contributed by atoms with Crippen molar-refractivity contribution in [3.05, 3.63) is 29.8 Å². The zero-order valence-electron chi connectivity index (χ0n) is 5.41. The molecule has 3 nitrogen and oxygen atoms in total. The van der Waals surface area contributed by atoms with Gasteiger partial charge in [0.1, 0.15) is 0 Å². The molecular formula is C7H8N3+. The molecule has 0 aliphatic rings. The normalized spacial score (nSPS) is 8.40. The molecule has 0 unspecified atom stereocenters. The number of rotatable bonds is 1. The van der Waals surface area contributed by atoms with Gasteiger partial charge < -0.3 is 5.73 Å². The van der Waals surface area contributed by atoms with Crippen molar-refractivity contribution in [2.45, 2.75) is 0 Å². The van der Waals surface area contributed by atoms with Gasteiger partial charge in [-0.15, -0.1) is 0 Å². The van der Waals surface area contributed by atoms with Gasteiger partial charge in [-0.25, -0.2) is 0 Å². The quantitative estimate of drug-likeness (QED) is 0.255. The predicted molar refractivity (Wildman–Crippen MR) is 39.0 cm³/mol. The molecule has 3 N–H and O–H groups in total. The van der Waals surface area contributed by atoms with E-state index in [4.69, 9.17) is 11.3 Å². The lowest BCUT2D eigenvalue weighted by Gasteiger charge is -1.87. The largest absolute Gasteiger partial charge is 0.399 e. The van der Waals surface area contributed by atoms with Gasteiger partial charge >= 0.3 is 6.21 Å². The molecule has 1 aromatic carbocycles. The third-order valence-electron chi connectivity index (χ3n) is 1.15. The fourth-order valence-corrected chi connectivity index (χ4v) is 0.657. The van der Waals surface area contributed by atoms with Crippen LogP contribution >= 0.6 is 0 Å². The highest BCUT2D eigenvalue weighted by Crippen LogP contribution is 2.01. The monoisotopic (exact) mass is 134 g/mol. The van der Waals surface area contributed by atoms with Crippen molar-refractivity contribution in [1.82, 2.24) is 0 Å². The van der Waals surface area contributed by atoms with E-state index >= 15 is 0 Å². The number of nitrogens with zero attached hydrogens (tertiary/aromatic N) is 1. The minimum atomic E-state index is 0.724. The van der Waals surface area contributed by atoms with Crippen molar-refractivity contribution in [2.24, 2.45) is 0 Å². The van der Waals surface area contributed by atoms with Gasteiger partial charge in [0.2, 0.25) is 0 Å². The van der Waals surface area contributed by atoms with Gasteiger partial charge in [-0.05, 0) is 24.3 Å². The Kier molecular flexibility index (Phi) is 1.83. The minimum Gasteiger partial charge on any atom is -0.399 e. The van der Waals surface area contributed by atoms with Crippen LogP contribution in [0.4, 0.5) is 5.69 Å². The molecule has 1 aromatic rings. The summed E-state index contributed by atoms with van der Waals surface area (Å²) in [5.41, 5.74) is 13.6. The van der Waals surface area contributed by atoms with E-state index in [9.17, 15) is 0 Å². The van der Waals surface area contributed by atoms with Gasteiger partial charge in [0, 0.05) is 10.5 Å². The minimum absolute atomic E-state index is 0.724. The van der Waals surface area contributed by atoms with Gasteiger partial charge in [0.05, 0.1) is 11.1 Å². The van der Waals surface area contributed by atoms with Crippen LogP contribution < -0.4 is 5.73 Å². The number of hydrogen-bond acceptors (Lipinski definition) is 2. The SMILES string of the molecule is N=[N+]=Cc1ccc(N)cc1. The topological polar surface area (TPSA) is 64.0 Å². The van der Waals surface area contributed by atoms with Crippen LogP contribution in [0.5, 0.6) is 0 Å². The number of nitrogens with one attached hydrogen (secondary N) is 1. The molecule has 0 amide bonds. The van der Waals surface area contributed by atoms with Gasteiger partial charge in [-0.1, -0.05) is 0 Å². The van der Waals surface area contributed by atoms with Crippen LogP contribution in [0.15, 0.2) is 24.3 Å². The number of hydrogen-bond donors (Lipinski definition) is 2. The Morgan fingerprint density at radius 1 is 1.30 bits per heavy atom. The fraction of sp³-hybridized carbons (Fsp3) is 0. The lowest BCUT2D eigenvalue weighted by molar-refractivity contribution is -0.111. The first kappa shape index (κ1) is 6.52. The molecule has 0 saturated carbocycles. The maximum atomic E-state index is 6.53. The summed E-state index contributed by atoms with van der Waals surface area (Å²) >= 11 is 0. The lowest BCUT2D eigenvalue weighted by Crippen LogP contribution is -1.85. The molecule has 3 heteroatoms. The average molecular weight is 134 g/mol. The highest BCUT2D eigenvalue weighted by atomic mass is 14.8. The molecule has 0 spiro atoms. The number of nitrogens with two attached hydrogens (primary N) is 1. The molecule has 50 valence electrons. The molecule has 0 fully saturated rings. The number of benzene rings is 1. The third kappa shape index (κ3) is 1.44. The van der Waals surface area contributed by atoms with Crippen LogP contribution in [0.25, 0.3) is 0 Å². The second-order valence-corrected chi connectivity index (χ2v) is 1.92. The van der Waals surface area contributed by atoms with E-state index in [2.05, 4.69) is 4.79 Å². The summed E-state index contributed by atoms with van der Waals surface area (Å²) in [6.45, 7) is 0. The Morgan fingerprint density at radius 3 is 2.40 bits per heavy atom. The van der Waals surface area contributed by atoms with E-state index in [0.717, 1.165) is 11.3 Å². The Labute approximate surface area is 58.7 Å². The van der Waals surface area contributed by atoms with Crippen molar-refractivity contribution in [3.63, 3.8) is 0 Å². The molecule has 0 aliphatic heterocycles. The molecule has 0 saturated heterocycles. The summed E-state index contributed by atoms with van der Waals surface area (Å²) in [5, 5.41) is 0. The summed E-state index contributed by atoms with van der Waals surface area (Å²) in [5.74, 6) is 0. The predicted octanol–water partition coefficient (Wildman–Crippen LogP) is 0.927. The highest BCUT2D eigenvalue weighted by molar-refractivity contribution is 5.75. The van der Waals surface area contributed by atoms with Crippen LogP contribution in [0.1, 0.15) is 5.56 Å². The van der Waals surface area contributed by atoms with E-state index in [0.29, 0.717) is 0 Å². The first-order valence-corrected chi connectivity index (χ1v) is 2.88. The lowest BCUT2D eigenvalue weighted by atomic mass is 10.2. The van der Waals surface area contributed by atoms with E-state index in [1.54, 1.807) is 12.1 Å². The third-order valence-corrected chi connectivity index (χ3v) is 1.15. The molecule has 1 rings (SSSR count). The maximum absolute atomic E-state index is 6.53. The average Bonchev–Trinajstić information content (AvgIpc) is 1.95. The summed E-state index contributed by atoms with van der Waals surface area (Å²) < 4.78 is 0.